The fraction of sp³-hybridized carbons (Fsp3) is 0.312. The van der Waals surface area contributed by atoms with Crippen molar-refractivity contribution in [2.24, 2.45) is 5.92 Å². The first-order valence-electron chi connectivity index (χ1n) is 7.32. The molecule has 1 amide bonds. The van der Waals surface area contributed by atoms with Crippen LogP contribution in [-0.4, -0.2) is 39.9 Å². The van der Waals surface area contributed by atoms with Gasteiger partial charge in [-0.2, -0.15) is 5.10 Å². The third-order valence-corrected chi connectivity index (χ3v) is 3.80. The van der Waals surface area contributed by atoms with Gasteiger partial charge in [-0.25, -0.2) is 9.48 Å². The average molecular weight is 315 g/mol. The number of hydrogen-bond acceptors (Lipinski definition) is 4. The number of hydrogen-bond donors (Lipinski definition) is 2. The molecule has 1 aromatic heterocycles. The summed E-state index contributed by atoms with van der Waals surface area (Å²) in [5.41, 5.74) is 0.967. The van der Waals surface area contributed by atoms with Gasteiger partial charge in [-0.15, -0.1) is 0 Å². The number of benzene rings is 1. The molecule has 1 fully saturated rings. The van der Waals surface area contributed by atoms with E-state index in [1.54, 1.807) is 36.2 Å². The van der Waals surface area contributed by atoms with Crippen molar-refractivity contribution in [2.75, 3.05) is 7.11 Å². The highest BCUT2D eigenvalue weighted by molar-refractivity contribution is 5.95. The summed E-state index contributed by atoms with van der Waals surface area (Å²) >= 11 is 0. The zero-order chi connectivity index (χ0) is 16.4. The summed E-state index contributed by atoms with van der Waals surface area (Å²) < 4.78 is 6.65. The number of rotatable bonds is 6. The van der Waals surface area contributed by atoms with E-state index in [1.807, 2.05) is 12.1 Å². The number of carbonyl (C=O) groups is 2. The van der Waals surface area contributed by atoms with Crippen LogP contribution in [0.4, 0.5) is 0 Å². The highest BCUT2D eigenvalue weighted by atomic mass is 16.5. The van der Waals surface area contributed by atoms with Crippen LogP contribution in [0.3, 0.4) is 0 Å². The van der Waals surface area contributed by atoms with Crippen LogP contribution in [0.1, 0.15) is 23.3 Å². The third-order valence-electron chi connectivity index (χ3n) is 3.80. The Morgan fingerprint density at radius 3 is 2.57 bits per heavy atom. The lowest BCUT2D eigenvalue weighted by Gasteiger charge is -2.12. The van der Waals surface area contributed by atoms with Gasteiger partial charge in [0.15, 0.2) is 5.69 Å². The molecule has 0 saturated heterocycles. The number of ether oxygens (including phenoxy) is 1. The Bertz CT molecular complexity index is 719. The second-order valence-electron chi connectivity index (χ2n) is 5.47. The largest absolute Gasteiger partial charge is 0.497 e. The Labute approximate surface area is 132 Å². The third kappa shape index (κ3) is 3.33. The van der Waals surface area contributed by atoms with E-state index in [2.05, 4.69) is 10.4 Å². The molecule has 0 radical (unpaired) electrons. The number of aromatic nitrogens is 2. The van der Waals surface area contributed by atoms with Crippen LogP contribution in [0.2, 0.25) is 0 Å². The van der Waals surface area contributed by atoms with Gasteiger partial charge < -0.3 is 15.2 Å². The maximum Gasteiger partial charge on any atom is 0.326 e. The van der Waals surface area contributed by atoms with Crippen molar-refractivity contribution >= 4 is 11.9 Å². The Hall–Kier alpha value is -2.83. The fourth-order valence-corrected chi connectivity index (χ4v) is 2.35. The molecular weight excluding hydrogens is 298 g/mol. The van der Waals surface area contributed by atoms with Gasteiger partial charge in [0.1, 0.15) is 11.8 Å². The van der Waals surface area contributed by atoms with Gasteiger partial charge in [-0.05, 0) is 49.1 Å². The van der Waals surface area contributed by atoms with Crippen LogP contribution in [0, 0.1) is 5.92 Å². The van der Waals surface area contributed by atoms with Gasteiger partial charge in [0, 0.05) is 6.20 Å². The number of carboxylic acids is 1. The van der Waals surface area contributed by atoms with Crippen molar-refractivity contribution < 1.29 is 19.4 Å². The lowest BCUT2D eigenvalue weighted by Crippen LogP contribution is -2.42. The molecular formula is C16H17N3O4. The maximum absolute atomic E-state index is 12.2. The zero-order valence-corrected chi connectivity index (χ0v) is 12.6. The molecule has 7 nitrogen and oxygen atoms in total. The first-order chi connectivity index (χ1) is 11.1. The van der Waals surface area contributed by atoms with Crippen molar-refractivity contribution in [3.63, 3.8) is 0 Å². The summed E-state index contributed by atoms with van der Waals surface area (Å²) in [7, 11) is 1.59. The van der Waals surface area contributed by atoms with Crippen molar-refractivity contribution in [3.8, 4) is 11.4 Å². The zero-order valence-electron chi connectivity index (χ0n) is 12.6. The molecule has 23 heavy (non-hydrogen) atoms. The van der Waals surface area contributed by atoms with E-state index < -0.39 is 17.9 Å². The van der Waals surface area contributed by atoms with Crippen LogP contribution in [0.15, 0.2) is 36.5 Å². The molecule has 1 aromatic carbocycles. The molecule has 1 unspecified atom stereocenters. The lowest BCUT2D eigenvalue weighted by molar-refractivity contribution is -0.139. The van der Waals surface area contributed by atoms with Gasteiger partial charge >= 0.3 is 5.97 Å². The average Bonchev–Trinajstić information content (AvgIpc) is 3.27. The van der Waals surface area contributed by atoms with Gasteiger partial charge in [-0.3, -0.25) is 4.79 Å². The van der Waals surface area contributed by atoms with E-state index in [1.165, 1.54) is 0 Å². The topological polar surface area (TPSA) is 93.5 Å². The number of carbonyl (C=O) groups excluding carboxylic acids is 1. The quantitative estimate of drug-likeness (QED) is 0.842. The smallest absolute Gasteiger partial charge is 0.326 e. The van der Waals surface area contributed by atoms with Crippen molar-refractivity contribution in [1.29, 1.82) is 0 Å². The number of aliphatic carboxylic acids is 1. The van der Waals surface area contributed by atoms with Gasteiger partial charge in [-0.1, -0.05) is 0 Å². The maximum atomic E-state index is 12.2. The van der Waals surface area contributed by atoms with Gasteiger partial charge in [0.25, 0.3) is 5.91 Å². The molecule has 1 atom stereocenters. The molecule has 0 bridgehead atoms. The summed E-state index contributed by atoms with van der Waals surface area (Å²) in [6.07, 6.45) is 3.32. The van der Waals surface area contributed by atoms with Crippen molar-refractivity contribution in [2.45, 2.75) is 18.9 Å². The minimum atomic E-state index is -1.00. The number of carboxylic acid groups (broad SMARTS) is 1. The Balaban J connectivity index is 1.72. The molecule has 1 saturated carbocycles. The molecule has 1 heterocycles. The molecule has 7 heteroatoms. The monoisotopic (exact) mass is 315 g/mol. The molecule has 1 aliphatic rings. The first kappa shape index (κ1) is 15.1. The van der Waals surface area contributed by atoms with E-state index in [9.17, 15) is 9.59 Å². The number of nitrogens with zero attached hydrogens (tertiary/aromatic N) is 2. The van der Waals surface area contributed by atoms with E-state index in [0.717, 1.165) is 24.3 Å². The van der Waals surface area contributed by atoms with Crippen molar-refractivity contribution in [3.05, 3.63) is 42.2 Å². The standard InChI is InChI=1S/C16H17N3O4/c1-23-12-6-4-11(5-7-12)19-9-8-13(18-19)15(20)17-14(16(21)22)10-2-3-10/h4-10,14H,2-3H2,1H3,(H,17,20)(H,21,22). The van der Waals surface area contributed by atoms with Crippen molar-refractivity contribution in [1.82, 2.24) is 15.1 Å². The van der Waals surface area contributed by atoms with Crippen LogP contribution < -0.4 is 10.1 Å². The summed E-state index contributed by atoms with van der Waals surface area (Å²) in [6.45, 7) is 0. The lowest BCUT2D eigenvalue weighted by atomic mass is 10.2. The molecule has 0 aliphatic heterocycles. The predicted octanol–water partition coefficient (Wildman–Crippen LogP) is 1.47. The Morgan fingerprint density at radius 2 is 2.00 bits per heavy atom. The van der Waals surface area contributed by atoms with E-state index in [0.29, 0.717) is 0 Å². The predicted molar refractivity (Wildman–Crippen MR) is 81.7 cm³/mol. The second-order valence-corrected chi connectivity index (χ2v) is 5.47. The summed E-state index contributed by atoms with van der Waals surface area (Å²) in [4.78, 5) is 23.3. The minimum absolute atomic E-state index is 0.0279. The summed E-state index contributed by atoms with van der Waals surface area (Å²) in [6, 6.07) is 7.95. The highest BCUT2D eigenvalue weighted by Crippen LogP contribution is 2.32. The van der Waals surface area contributed by atoms with E-state index in [4.69, 9.17) is 9.84 Å². The molecule has 0 spiro atoms. The van der Waals surface area contributed by atoms with E-state index in [-0.39, 0.29) is 11.6 Å². The van der Waals surface area contributed by atoms with Crippen LogP contribution >= 0.6 is 0 Å². The SMILES string of the molecule is COc1ccc(-n2ccc(C(=O)NC(C(=O)O)C3CC3)n2)cc1. The minimum Gasteiger partial charge on any atom is -0.497 e. The summed E-state index contributed by atoms with van der Waals surface area (Å²) in [5.74, 6) is -0.722. The number of nitrogens with one attached hydrogen (secondary N) is 1. The van der Waals surface area contributed by atoms with Crippen LogP contribution in [-0.2, 0) is 4.79 Å². The Kier molecular flexibility index (Phi) is 4.01. The normalized spacial score (nSPS) is 15.0. The molecule has 3 rings (SSSR count). The second kappa shape index (κ2) is 6.12. The fourth-order valence-electron chi connectivity index (χ4n) is 2.35. The highest BCUT2D eigenvalue weighted by Gasteiger charge is 2.37. The van der Waals surface area contributed by atoms with Gasteiger partial charge in [0.05, 0.1) is 12.8 Å². The molecule has 2 aromatic rings. The van der Waals surface area contributed by atoms with Crippen LogP contribution in [0.25, 0.3) is 5.69 Å². The van der Waals surface area contributed by atoms with Gasteiger partial charge in [0.2, 0.25) is 0 Å². The molecule has 1 aliphatic carbocycles. The first-order valence-corrected chi connectivity index (χ1v) is 7.32. The number of amides is 1. The number of methoxy groups -OCH3 is 1. The van der Waals surface area contributed by atoms with E-state index >= 15 is 0 Å². The van der Waals surface area contributed by atoms with Crippen LogP contribution in [0.5, 0.6) is 5.75 Å². The molecule has 120 valence electrons. The Morgan fingerprint density at radius 1 is 1.30 bits per heavy atom. The summed E-state index contributed by atoms with van der Waals surface area (Å²) in [5, 5.41) is 15.9. The molecule has 2 N–H and O–H groups in total.